The first-order valence-electron chi connectivity index (χ1n) is 7.97. The summed E-state index contributed by atoms with van der Waals surface area (Å²) in [7, 11) is 0. The van der Waals surface area contributed by atoms with E-state index in [0.29, 0.717) is 26.2 Å². The lowest BCUT2D eigenvalue weighted by atomic mass is 9.92. The van der Waals surface area contributed by atoms with Gasteiger partial charge in [0.25, 0.3) is 5.91 Å². The Kier molecular flexibility index (Phi) is 4.39. The van der Waals surface area contributed by atoms with Gasteiger partial charge in [0.2, 0.25) is 5.91 Å². The van der Waals surface area contributed by atoms with Crippen LogP contribution < -0.4 is 5.32 Å². The third-order valence-corrected chi connectivity index (χ3v) is 6.42. The Hall–Kier alpha value is -1.70. The van der Waals surface area contributed by atoms with E-state index < -0.39 is 0 Å². The quantitative estimate of drug-likeness (QED) is 0.907. The van der Waals surface area contributed by atoms with E-state index in [2.05, 4.69) is 5.32 Å². The molecule has 24 heavy (non-hydrogen) atoms. The molecule has 0 aromatic carbocycles. The van der Waals surface area contributed by atoms with Gasteiger partial charge in [-0.1, -0.05) is 12.1 Å². The Bertz CT molecular complexity index is 714. The molecule has 0 aliphatic carbocycles. The number of thiophene rings is 2. The van der Waals surface area contributed by atoms with Crippen LogP contribution in [0.5, 0.6) is 0 Å². The first-order chi connectivity index (χ1) is 11.7. The molecular formula is C17H18N2O3S2. The summed E-state index contributed by atoms with van der Waals surface area (Å²) in [6.45, 7) is 2.18. The van der Waals surface area contributed by atoms with Gasteiger partial charge in [0.1, 0.15) is 0 Å². The van der Waals surface area contributed by atoms with Crippen molar-refractivity contribution >= 4 is 34.5 Å². The third-order valence-electron chi connectivity index (χ3n) is 4.69. The monoisotopic (exact) mass is 362 g/mol. The predicted octanol–water partition coefficient (Wildman–Crippen LogP) is 2.21. The van der Waals surface area contributed by atoms with E-state index in [4.69, 9.17) is 4.74 Å². The Labute approximate surface area is 148 Å². The van der Waals surface area contributed by atoms with Gasteiger partial charge in [-0.2, -0.15) is 0 Å². The van der Waals surface area contributed by atoms with Gasteiger partial charge in [0.05, 0.1) is 30.1 Å². The van der Waals surface area contributed by atoms with E-state index in [1.807, 2.05) is 39.9 Å². The molecule has 2 amide bonds. The molecule has 0 radical (unpaired) electrons. The van der Waals surface area contributed by atoms with Crippen molar-refractivity contribution in [3.63, 3.8) is 0 Å². The number of ether oxygens (including phenoxy) is 1. The molecule has 0 bridgehead atoms. The summed E-state index contributed by atoms with van der Waals surface area (Å²) in [6, 6.07) is 7.71. The summed E-state index contributed by atoms with van der Waals surface area (Å²) in [4.78, 5) is 28.7. The number of nitrogens with one attached hydrogen (secondary N) is 1. The minimum atomic E-state index is -0.170. The van der Waals surface area contributed by atoms with Gasteiger partial charge in [-0.25, -0.2) is 0 Å². The van der Waals surface area contributed by atoms with Gasteiger partial charge < -0.3 is 15.0 Å². The molecule has 2 aromatic rings. The number of rotatable bonds is 4. The van der Waals surface area contributed by atoms with Gasteiger partial charge in [-0.3, -0.25) is 9.59 Å². The highest BCUT2D eigenvalue weighted by Crippen LogP contribution is 2.34. The molecule has 2 aromatic heterocycles. The zero-order chi connectivity index (χ0) is 16.5. The molecule has 2 fully saturated rings. The summed E-state index contributed by atoms with van der Waals surface area (Å²) in [5.74, 6) is -0.00425. The van der Waals surface area contributed by atoms with Crippen molar-refractivity contribution in [2.24, 2.45) is 11.8 Å². The molecule has 7 heteroatoms. The average Bonchev–Trinajstić information content (AvgIpc) is 3.37. The van der Waals surface area contributed by atoms with Crippen molar-refractivity contribution in [3.05, 3.63) is 44.8 Å². The number of nitrogens with zero attached hydrogens (tertiary/aromatic N) is 1. The highest BCUT2D eigenvalue weighted by Gasteiger charge is 2.48. The van der Waals surface area contributed by atoms with Crippen LogP contribution in [-0.4, -0.2) is 42.5 Å². The van der Waals surface area contributed by atoms with Gasteiger partial charge in [0.15, 0.2) is 0 Å². The van der Waals surface area contributed by atoms with Crippen molar-refractivity contribution in [3.8, 4) is 0 Å². The molecule has 0 saturated carbocycles. The Balaban J connectivity index is 1.37. The van der Waals surface area contributed by atoms with Crippen molar-refractivity contribution < 1.29 is 14.3 Å². The fraction of sp³-hybridized carbons (Fsp3) is 0.412. The lowest BCUT2D eigenvalue weighted by Crippen LogP contribution is -2.37. The molecule has 0 spiro atoms. The summed E-state index contributed by atoms with van der Waals surface area (Å²) in [6.07, 6.45) is -0.0219. The third kappa shape index (κ3) is 2.99. The Morgan fingerprint density at radius 1 is 1.21 bits per heavy atom. The zero-order valence-electron chi connectivity index (χ0n) is 13.0. The number of hydrogen-bond acceptors (Lipinski definition) is 5. The predicted molar refractivity (Wildman–Crippen MR) is 93.1 cm³/mol. The summed E-state index contributed by atoms with van der Waals surface area (Å²) in [5.41, 5.74) is 0. The molecule has 126 valence electrons. The van der Waals surface area contributed by atoms with E-state index >= 15 is 0 Å². The molecule has 1 N–H and O–H groups in total. The van der Waals surface area contributed by atoms with Crippen LogP contribution in [0.3, 0.4) is 0 Å². The number of fused-ring (bicyclic) bond motifs is 1. The second-order valence-corrected chi connectivity index (χ2v) is 8.11. The minimum absolute atomic E-state index is 0.0219. The highest BCUT2D eigenvalue weighted by molar-refractivity contribution is 7.12. The van der Waals surface area contributed by atoms with E-state index in [0.717, 1.165) is 9.75 Å². The first-order valence-corrected chi connectivity index (χ1v) is 9.73. The van der Waals surface area contributed by atoms with Crippen molar-refractivity contribution in [1.82, 2.24) is 10.2 Å². The van der Waals surface area contributed by atoms with Crippen molar-refractivity contribution in [2.45, 2.75) is 12.6 Å². The largest absolute Gasteiger partial charge is 0.375 e. The topological polar surface area (TPSA) is 58.6 Å². The molecule has 2 saturated heterocycles. The van der Waals surface area contributed by atoms with Crippen LogP contribution in [0, 0.1) is 11.8 Å². The van der Waals surface area contributed by atoms with Crippen LogP contribution in [0.25, 0.3) is 0 Å². The molecule has 5 nitrogen and oxygen atoms in total. The van der Waals surface area contributed by atoms with Crippen molar-refractivity contribution in [1.29, 1.82) is 0 Å². The normalized spacial score (nSPS) is 25.7. The van der Waals surface area contributed by atoms with Crippen LogP contribution in [0.4, 0.5) is 0 Å². The van der Waals surface area contributed by atoms with E-state index in [9.17, 15) is 9.59 Å². The SMILES string of the molecule is O=C(NCc1cccs1)[C@@H]1CO[C@@H]2CN(C(=O)c3cccs3)C[C@@H]21. The van der Waals surface area contributed by atoms with Crippen LogP contribution in [-0.2, 0) is 16.1 Å². The zero-order valence-corrected chi connectivity index (χ0v) is 14.6. The highest BCUT2D eigenvalue weighted by atomic mass is 32.1. The number of likely N-dealkylation sites (tertiary alicyclic amines) is 1. The fourth-order valence-electron chi connectivity index (χ4n) is 3.42. The average molecular weight is 362 g/mol. The van der Waals surface area contributed by atoms with Gasteiger partial charge in [-0.15, -0.1) is 22.7 Å². The fourth-order valence-corrected chi connectivity index (χ4v) is 4.76. The smallest absolute Gasteiger partial charge is 0.264 e. The summed E-state index contributed by atoms with van der Waals surface area (Å²) >= 11 is 3.08. The second kappa shape index (κ2) is 6.66. The molecule has 0 unspecified atom stereocenters. The number of hydrogen-bond donors (Lipinski definition) is 1. The maximum atomic E-state index is 12.5. The molecule has 2 aliphatic rings. The Morgan fingerprint density at radius 3 is 2.79 bits per heavy atom. The lowest BCUT2D eigenvalue weighted by Gasteiger charge is -2.19. The van der Waals surface area contributed by atoms with Crippen LogP contribution in [0.2, 0.25) is 0 Å². The van der Waals surface area contributed by atoms with Crippen LogP contribution >= 0.6 is 22.7 Å². The van der Waals surface area contributed by atoms with E-state index in [-0.39, 0.29) is 29.8 Å². The standard InChI is InChI=1S/C17H18N2O3S2/c20-16(18-7-11-3-1-5-23-11)13-10-22-14-9-19(8-12(13)14)17(21)15-4-2-6-24-15/h1-6,12-14H,7-10H2,(H,18,20)/t12-,13-,14-/m1/s1. The summed E-state index contributed by atoms with van der Waals surface area (Å²) in [5, 5.41) is 6.91. The van der Waals surface area contributed by atoms with E-state index in [1.54, 1.807) is 11.3 Å². The maximum absolute atomic E-state index is 12.5. The minimum Gasteiger partial charge on any atom is -0.375 e. The number of carbonyl (C=O) groups excluding carboxylic acids is 2. The summed E-state index contributed by atoms with van der Waals surface area (Å²) < 4.78 is 5.80. The van der Waals surface area contributed by atoms with Gasteiger partial charge in [-0.05, 0) is 22.9 Å². The van der Waals surface area contributed by atoms with E-state index in [1.165, 1.54) is 11.3 Å². The maximum Gasteiger partial charge on any atom is 0.264 e. The second-order valence-electron chi connectivity index (χ2n) is 6.13. The molecule has 4 rings (SSSR count). The number of carbonyl (C=O) groups is 2. The lowest BCUT2D eigenvalue weighted by molar-refractivity contribution is -0.126. The van der Waals surface area contributed by atoms with Crippen molar-refractivity contribution in [2.75, 3.05) is 19.7 Å². The van der Waals surface area contributed by atoms with Crippen LogP contribution in [0.15, 0.2) is 35.0 Å². The number of amides is 2. The Morgan fingerprint density at radius 2 is 2.04 bits per heavy atom. The molecular weight excluding hydrogens is 344 g/mol. The molecule has 3 atom stereocenters. The van der Waals surface area contributed by atoms with Gasteiger partial charge >= 0.3 is 0 Å². The first kappa shape index (κ1) is 15.8. The molecule has 4 heterocycles. The van der Waals surface area contributed by atoms with Gasteiger partial charge in [0, 0.05) is 23.9 Å². The molecule has 2 aliphatic heterocycles. The van der Waals surface area contributed by atoms with Crippen LogP contribution in [0.1, 0.15) is 14.5 Å².